The Labute approximate surface area is 127 Å². The van der Waals surface area contributed by atoms with Gasteiger partial charge in [0.2, 0.25) is 5.91 Å². The summed E-state index contributed by atoms with van der Waals surface area (Å²) in [5.74, 6) is 0.130. The Morgan fingerprint density at radius 1 is 1.36 bits per heavy atom. The fourth-order valence-corrected chi connectivity index (χ4v) is 1.85. The van der Waals surface area contributed by atoms with E-state index in [2.05, 4.69) is 10.1 Å². The number of halogens is 3. The van der Waals surface area contributed by atoms with E-state index in [0.29, 0.717) is 17.9 Å². The minimum absolute atomic E-state index is 0.107. The lowest BCUT2D eigenvalue weighted by Crippen LogP contribution is -2.41. The Bertz CT molecular complexity index is 490. The summed E-state index contributed by atoms with van der Waals surface area (Å²) in [5, 5.41) is 2.66. The van der Waals surface area contributed by atoms with Gasteiger partial charge in [0.05, 0.1) is 6.04 Å². The van der Waals surface area contributed by atoms with Gasteiger partial charge in [-0.25, -0.2) is 0 Å². The van der Waals surface area contributed by atoms with Crippen molar-refractivity contribution in [2.45, 2.75) is 39.0 Å². The first-order valence-electron chi connectivity index (χ1n) is 6.99. The number of ether oxygens (including phenoxy) is 1. The predicted molar refractivity (Wildman–Crippen MR) is 77.3 cm³/mol. The number of benzene rings is 1. The lowest BCUT2D eigenvalue weighted by Gasteiger charge is -2.14. The summed E-state index contributed by atoms with van der Waals surface area (Å²) in [4.78, 5) is 11.8. The van der Waals surface area contributed by atoms with Crippen LogP contribution in [0.25, 0.3) is 0 Å². The van der Waals surface area contributed by atoms with E-state index in [1.165, 1.54) is 12.1 Å². The van der Waals surface area contributed by atoms with Gasteiger partial charge in [0.25, 0.3) is 0 Å². The molecule has 22 heavy (non-hydrogen) atoms. The van der Waals surface area contributed by atoms with Gasteiger partial charge in [-0.05, 0) is 30.0 Å². The van der Waals surface area contributed by atoms with Crippen LogP contribution in [0.3, 0.4) is 0 Å². The summed E-state index contributed by atoms with van der Waals surface area (Å²) < 4.78 is 40.9. The number of amides is 1. The number of nitrogens with one attached hydrogen (secondary N) is 1. The number of nitrogens with two attached hydrogens (primary N) is 1. The van der Waals surface area contributed by atoms with Crippen molar-refractivity contribution >= 4 is 5.91 Å². The molecule has 0 fully saturated rings. The first-order chi connectivity index (χ1) is 10.2. The van der Waals surface area contributed by atoms with Crippen molar-refractivity contribution in [3.8, 4) is 5.75 Å². The summed E-state index contributed by atoms with van der Waals surface area (Å²) in [5.41, 5.74) is 6.39. The second-order valence-electron chi connectivity index (χ2n) is 5.51. The van der Waals surface area contributed by atoms with Gasteiger partial charge in [-0.3, -0.25) is 4.79 Å². The molecule has 0 unspecified atom stereocenters. The van der Waals surface area contributed by atoms with E-state index < -0.39 is 18.8 Å². The standard InChI is InChI=1S/C15H21F3N2O2/c1-10(2)6-13(19)14(21)20-8-11-4-3-5-12(7-11)22-9-15(16,17)18/h3-5,7,10,13H,6,8-9,19H2,1-2H3,(H,20,21)/t13-/m0/s1. The van der Waals surface area contributed by atoms with Crippen molar-refractivity contribution < 1.29 is 22.7 Å². The highest BCUT2D eigenvalue weighted by molar-refractivity contribution is 5.81. The molecule has 0 saturated carbocycles. The van der Waals surface area contributed by atoms with E-state index in [1.807, 2.05) is 13.8 Å². The maximum absolute atomic E-state index is 12.1. The minimum atomic E-state index is -4.38. The number of alkyl halides is 3. The van der Waals surface area contributed by atoms with Crippen LogP contribution in [0.2, 0.25) is 0 Å². The Morgan fingerprint density at radius 2 is 2.05 bits per heavy atom. The summed E-state index contributed by atoms with van der Waals surface area (Å²) >= 11 is 0. The van der Waals surface area contributed by atoms with Crippen LogP contribution in [-0.4, -0.2) is 24.7 Å². The van der Waals surface area contributed by atoms with Crippen molar-refractivity contribution in [2.24, 2.45) is 11.7 Å². The third kappa shape index (κ3) is 7.31. The molecule has 4 nitrogen and oxygen atoms in total. The summed E-state index contributed by atoms with van der Waals surface area (Å²) in [7, 11) is 0. The minimum Gasteiger partial charge on any atom is -0.484 e. The fourth-order valence-electron chi connectivity index (χ4n) is 1.85. The van der Waals surface area contributed by atoms with Crippen molar-refractivity contribution in [3.05, 3.63) is 29.8 Å². The summed E-state index contributed by atoms with van der Waals surface area (Å²) in [6.45, 7) is 2.78. The molecule has 0 aliphatic heterocycles. The van der Waals surface area contributed by atoms with Gasteiger partial charge in [-0.1, -0.05) is 26.0 Å². The monoisotopic (exact) mass is 318 g/mol. The predicted octanol–water partition coefficient (Wildman–Crippen LogP) is 2.62. The van der Waals surface area contributed by atoms with Gasteiger partial charge < -0.3 is 15.8 Å². The molecule has 1 aromatic rings. The lowest BCUT2D eigenvalue weighted by atomic mass is 10.0. The number of carbonyl (C=O) groups excluding carboxylic acids is 1. The molecule has 1 amide bonds. The maximum atomic E-state index is 12.1. The van der Waals surface area contributed by atoms with Crippen molar-refractivity contribution in [2.75, 3.05) is 6.61 Å². The average Bonchev–Trinajstić information content (AvgIpc) is 2.41. The van der Waals surface area contributed by atoms with Crippen LogP contribution in [-0.2, 0) is 11.3 Å². The molecule has 1 rings (SSSR count). The highest BCUT2D eigenvalue weighted by Crippen LogP contribution is 2.19. The Kier molecular flexibility index (Phi) is 6.67. The van der Waals surface area contributed by atoms with Crippen LogP contribution in [0.5, 0.6) is 5.75 Å². The zero-order valence-electron chi connectivity index (χ0n) is 12.6. The molecule has 0 radical (unpaired) electrons. The second kappa shape index (κ2) is 8.03. The molecule has 0 aliphatic rings. The quantitative estimate of drug-likeness (QED) is 0.812. The molecule has 0 saturated heterocycles. The average molecular weight is 318 g/mol. The van der Waals surface area contributed by atoms with E-state index in [4.69, 9.17) is 5.73 Å². The molecule has 0 heterocycles. The van der Waals surface area contributed by atoms with Gasteiger partial charge >= 0.3 is 6.18 Å². The van der Waals surface area contributed by atoms with Crippen LogP contribution < -0.4 is 15.8 Å². The molecule has 0 aromatic heterocycles. The third-order valence-corrected chi connectivity index (χ3v) is 2.83. The SMILES string of the molecule is CC(C)C[C@H](N)C(=O)NCc1cccc(OCC(F)(F)F)c1. The second-order valence-corrected chi connectivity index (χ2v) is 5.51. The van der Waals surface area contributed by atoms with E-state index in [9.17, 15) is 18.0 Å². The van der Waals surface area contributed by atoms with Gasteiger partial charge in [-0.2, -0.15) is 13.2 Å². The van der Waals surface area contributed by atoms with E-state index in [0.717, 1.165) is 0 Å². The molecule has 3 N–H and O–H groups in total. The van der Waals surface area contributed by atoms with Gasteiger partial charge in [0, 0.05) is 6.54 Å². The van der Waals surface area contributed by atoms with E-state index >= 15 is 0 Å². The largest absolute Gasteiger partial charge is 0.484 e. The fraction of sp³-hybridized carbons (Fsp3) is 0.533. The Hall–Kier alpha value is -1.76. The highest BCUT2D eigenvalue weighted by Gasteiger charge is 2.28. The number of hydrogen-bond donors (Lipinski definition) is 2. The van der Waals surface area contributed by atoms with Gasteiger partial charge in [-0.15, -0.1) is 0 Å². The summed E-state index contributed by atoms with van der Waals surface area (Å²) in [6, 6.07) is 5.56. The number of rotatable bonds is 7. The van der Waals surface area contributed by atoms with Gasteiger partial charge in [0.15, 0.2) is 6.61 Å². The first kappa shape index (κ1) is 18.3. The van der Waals surface area contributed by atoms with Crippen LogP contribution in [0.15, 0.2) is 24.3 Å². The van der Waals surface area contributed by atoms with Crippen LogP contribution in [0.4, 0.5) is 13.2 Å². The zero-order chi connectivity index (χ0) is 16.8. The molecular formula is C15H21F3N2O2. The van der Waals surface area contributed by atoms with E-state index in [1.54, 1.807) is 12.1 Å². The lowest BCUT2D eigenvalue weighted by molar-refractivity contribution is -0.153. The summed E-state index contributed by atoms with van der Waals surface area (Å²) in [6.07, 6.45) is -3.81. The zero-order valence-corrected chi connectivity index (χ0v) is 12.6. The molecule has 0 spiro atoms. The number of hydrogen-bond acceptors (Lipinski definition) is 3. The topological polar surface area (TPSA) is 64.4 Å². The van der Waals surface area contributed by atoms with Crippen molar-refractivity contribution in [3.63, 3.8) is 0 Å². The first-order valence-corrected chi connectivity index (χ1v) is 6.99. The van der Waals surface area contributed by atoms with Crippen molar-refractivity contribution in [1.82, 2.24) is 5.32 Å². The number of carbonyl (C=O) groups is 1. The molecule has 0 bridgehead atoms. The van der Waals surface area contributed by atoms with Crippen LogP contribution in [0.1, 0.15) is 25.8 Å². The maximum Gasteiger partial charge on any atom is 0.422 e. The highest BCUT2D eigenvalue weighted by atomic mass is 19.4. The Morgan fingerprint density at radius 3 is 2.64 bits per heavy atom. The van der Waals surface area contributed by atoms with E-state index in [-0.39, 0.29) is 18.2 Å². The molecule has 1 aromatic carbocycles. The van der Waals surface area contributed by atoms with Crippen LogP contribution >= 0.6 is 0 Å². The third-order valence-electron chi connectivity index (χ3n) is 2.83. The molecule has 1 atom stereocenters. The smallest absolute Gasteiger partial charge is 0.422 e. The van der Waals surface area contributed by atoms with Crippen molar-refractivity contribution in [1.29, 1.82) is 0 Å². The molecular weight excluding hydrogens is 297 g/mol. The Balaban J connectivity index is 2.51. The van der Waals surface area contributed by atoms with Crippen LogP contribution in [0, 0.1) is 5.92 Å². The van der Waals surface area contributed by atoms with Gasteiger partial charge in [0.1, 0.15) is 5.75 Å². The normalized spacial score (nSPS) is 13.0. The molecule has 0 aliphatic carbocycles. The molecule has 124 valence electrons. The molecule has 7 heteroatoms.